The number of nitrogens with zero attached hydrogens (tertiary/aromatic N) is 2. The summed E-state index contributed by atoms with van der Waals surface area (Å²) in [7, 11) is -3.84. The highest BCUT2D eigenvalue weighted by Crippen LogP contribution is 2.09. The van der Waals surface area contributed by atoms with E-state index in [4.69, 9.17) is 4.55 Å². The second kappa shape index (κ2) is 11.9. The Bertz CT molecular complexity index is 515. The van der Waals surface area contributed by atoms with E-state index in [-0.39, 0.29) is 5.75 Å². The molecule has 0 aliphatic carbocycles. The fourth-order valence-corrected chi connectivity index (χ4v) is 3.32. The third kappa shape index (κ3) is 11.6. The second-order valence-electron chi connectivity index (χ2n) is 6.08. The maximum Gasteiger partial charge on any atom is 0.265 e. The van der Waals surface area contributed by atoms with Crippen molar-refractivity contribution in [1.29, 1.82) is 0 Å². The Balaban J connectivity index is 2.03. The Kier molecular flexibility index (Phi) is 10.6. The van der Waals surface area contributed by atoms with E-state index in [9.17, 15) is 8.42 Å². The predicted octanol–water partition coefficient (Wildman–Crippen LogP) is 3.10. The summed E-state index contributed by atoms with van der Waals surface area (Å²) in [6.07, 6.45) is 16.7. The van der Waals surface area contributed by atoms with E-state index >= 15 is 0 Å². The molecule has 1 heterocycles. The van der Waals surface area contributed by atoms with Gasteiger partial charge >= 0.3 is 0 Å². The summed E-state index contributed by atoms with van der Waals surface area (Å²) in [4.78, 5) is 0. The van der Waals surface area contributed by atoms with Crippen molar-refractivity contribution in [3.63, 3.8) is 0 Å². The third-order valence-electron chi connectivity index (χ3n) is 3.89. The minimum absolute atomic E-state index is 0.181. The lowest BCUT2D eigenvalue weighted by atomic mass is 10.1. The molecule has 0 bridgehead atoms. The van der Waals surface area contributed by atoms with Gasteiger partial charge in [0.15, 0.2) is 0 Å². The number of aromatic nitrogens is 2. The van der Waals surface area contributed by atoms with E-state index in [1.54, 1.807) is 0 Å². The molecule has 0 saturated heterocycles. The standard InChI is InChI=1S/C16H30N2O3S2/c19-23(20,21)15-9-11-18-13-12-17(16-18)10-7-5-3-1-2-4-6-8-14-22/h12-13,16H,1-11,14-15H2,(H-,19,20,21,22)/p+1. The zero-order valence-electron chi connectivity index (χ0n) is 13.9. The largest absolute Gasteiger partial charge is 0.286 e. The predicted molar refractivity (Wildman–Crippen MR) is 96.4 cm³/mol. The minimum atomic E-state index is -3.84. The van der Waals surface area contributed by atoms with E-state index in [0.29, 0.717) is 13.0 Å². The normalized spacial score (nSPS) is 11.9. The van der Waals surface area contributed by atoms with Gasteiger partial charge in [0.05, 0.1) is 18.8 Å². The van der Waals surface area contributed by atoms with Crippen molar-refractivity contribution in [2.45, 2.75) is 70.9 Å². The molecule has 0 fully saturated rings. The van der Waals surface area contributed by atoms with Crippen molar-refractivity contribution in [2.24, 2.45) is 0 Å². The van der Waals surface area contributed by atoms with Crippen molar-refractivity contribution < 1.29 is 17.5 Å². The van der Waals surface area contributed by atoms with Gasteiger partial charge in [-0.2, -0.15) is 21.0 Å². The number of aryl methyl sites for hydroxylation is 2. The molecule has 0 radical (unpaired) electrons. The average Bonchev–Trinajstić information content (AvgIpc) is 2.92. The molecule has 1 N–H and O–H groups in total. The topological polar surface area (TPSA) is 63.2 Å². The van der Waals surface area contributed by atoms with Crippen LogP contribution in [0.2, 0.25) is 0 Å². The molecule has 23 heavy (non-hydrogen) atoms. The van der Waals surface area contributed by atoms with E-state index in [1.165, 1.54) is 51.4 Å². The molecule has 1 rings (SSSR count). The Morgan fingerprint density at radius 1 is 0.957 bits per heavy atom. The molecule has 134 valence electrons. The van der Waals surface area contributed by atoms with E-state index < -0.39 is 10.1 Å². The molecule has 0 aromatic carbocycles. The summed E-state index contributed by atoms with van der Waals surface area (Å²) in [5.74, 6) is 0.825. The first kappa shape index (κ1) is 20.5. The number of imidazole rings is 1. The molecule has 1 aromatic heterocycles. The monoisotopic (exact) mass is 363 g/mol. The van der Waals surface area contributed by atoms with Crippen LogP contribution in [-0.2, 0) is 23.2 Å². The SMILES string of the molecule is O=S(=O)(O)CCC[n+]1ccn(CCCCCCCCCCS)c1. The fraction of sp³-hybridized carbons (Fsp3) is 0.812. The van der Waals surface area contributed by atoms with Crippen LogP contribution in [0.5, 0.6) is 0 Å². The van der Waals surface area contributed by atoms with Gasteiger partial charge in [0.1, 0.15) is 12.4 Å². The molecule has 0 unspecified atom stereocenters. The van der Waals surface area contributed by atoms with Gasteiger partial charge in [0, 0.05) is 6.42 Å². The quantitative estimate of drug-likeness (QED) is 0.231. The molecule has 5 nitrogen and oxygen atoms in total. The first-order valence-corrected chi connectivity index (χ1v) is 10.9. The molecule has 0 aliphatic heterocycles. The highest BCUT2D eigenvalue weighted by Gasteiger charge is 2.07. The summed E-state index contributed by atoms with van der Waals surface area (Å²) in [5, 5.41) is 0. The van der Waals surface area contributed by atoms with Gasteiger partial charge in [-0.15, -0.1) is 0 Å². The highest BCUT2D eigenvalue weighted by molar-refractivity contribution is 7.85. The van der Waals surface area contributed by atoms with Gasteiger partial charge < -0.3 is 0 Å². The highest BCUT2D eigenvalue weighted by atomic mass is 32.2. The van der Waals surface area contributed by atoms with Crippen LogP contribution >= 0.6 is 12.6 Å². The van der Waals surface area contributed by atoms with Crippen LogP contribution in [-0.4, -0.2) is 29.0 Å². The van der Waals surface area contributed by atoms with E-state index in [1.807, 2.05) is 23.3 Å². The maximum atomic E-state index is 10.7. The summed E-state index contributed by atoms with van der Waals surface area (Å²) >= 11 is 4.22. The lowest BCUT2D eigenvalue weighted by molar-refractivity contribution is -0.696. The van der Waals surface area contributed by atoms with Crippen LogP contribution in [0.3, 0.4) is 0 Å². The summed E-state index contributed by atoms with van der Waals surface area (Å²) in [5.41, 5.74) is 0. The van der Waals surface area contributed by atoms with E-state index in [0.717, 1.165) is 12.3 Å². The van der Waals surface area contributed by atoms with Crippen molar-refractivity contribution >= 4 is 22.7 Å². The van der Waals surface area contributed by atoms with E-state index in [2.05, 4.69) is 17.2 Å². The molecular formula is C16H31N2O3S2+. The Labute approximate surface area is 146 Å². The zero-order valence-corrected chi connectivity index (χ0v) is 15.6. The van der Waals surface area contributed by atoms with Crippen molar-refractivity contribution in [3.8, 4) is 0 Å². The maximum absolute atomic E-state index is 10.7. The Morgan fingerprint density at radius 2 is 1.57 bits per heavy atom. The first-order valence-electron chi connectivity index (χ1n) is 8.62. The summed E-state index contributed by atoms with van der Waals surface area (Å²) in [6.45, 7) is 1.62. The number of unbranched alkanes of at least 4 members (excludes halogenated alkanes) is 7. The lowest BCUT2D eigenvalue weighted by Crippen LogP contribution is -2.32. The van der Waals surface area contributed by atoms with Crippen LogP contribution in [0, 0.1) is 0 Å². The number of rotatable bonds is 14. The Hall–Kier alpha value is -0.530. The summed E-state index contributed by atoms with van der Waals surface area (Å²) in [6, 6.07) is 0. The molecule has 0 atom stereocenters. The third-order valence-corrected chi connectivity index (χ3v) is 5.01. The van der Waals surface area contributed by atoms with Crippen molar-refractivity contribution in [2.75, 3.05) is 11.5 Å². The fourth-order valence-electron chi connectivity index (χ4n) is 2.60. The number of thiol groups is 1. The van der Waals surface area contributed by atoms with Crippen molar-refractivity contribution in [3.05, 3.63) is 18.7 Å². The van der Waals surface area contributed by atoms with Gasteiger partial charge in [0.2, 0.25) is 6.33 Å². The van der Waals surface area contributed by atoms with Gasteiger partial charge in [-0.25, -0.2) is 9.13 Å². The van der Waals surface area contributed by atoms with Gasteiger partial charge in [0.25, 0.3) is 10.1 Å². The van der Waals surface area contributed by atoms with Crippen LogP contribution in [0.25, 0.3) is 0 Å². The summed E-state index contributed by atoms with van der Waals surface area (Å²) < 4.78 is 34.1. The van der Waals surface area contributed by atoms with Crippen LogP contribution in [0.15, 0.2) is 18.7 Å². The number of hydrogen-bond acceptors (Lipinski definition) is 3. The zero-order chi connectivity index (χ0) is 17.0. The van der Waals surface area contributed by atoms with Crippen LogP contribution in [0.1, 0.15) is 57.8 Å². The minimum Gasteiger partial charge on any atom is -0.286 e. The molecule has 0 aliphatic rings. The molecule has 0 saturated carbocycles. The molecule has 0 spiro atoms. The average molecular weight is 364 g/mol. The second-order valence-corrected chi connectivity index (χ2v) is 8.10. The van der Waals surface area contributed by atoms with Crippen LogP contribution < -0.4 is 4.57 Å². The van der Waals surface area contributed by atoms with Gasteiger partial charge in [-0.3, -0.25) is 4.55 Å². The lowest BCUT2D eigenvalue weighted by Gasteiger charge is -2.01. The van der Waals surface area contributed by atoms with Crippen LogP contribution in [0.4, 0.5) is 0 Å². The van der Waals surface area contributed by atoms with Gasteiger partial charge in [-0.1, -0.05) is 32.1 Å². The molecule has 1 aromatic rings. The molecule has 0 amide bonds. The van der Waals surface area contributed by atoms with Crippen molar-refractivity contribution in [1.82, 2.24) is 4.57 Å². The smallest absolute Gasteiger partial charge is 0.265 e. The molecular weight excluding hydrogens is 332 g/mol. The molecule has 7 heteroatoms. The van der Waals surface area contributed by atoms with Gasteiger partial charge in [-0.05, 0) is 25.0 Å². The Morgan fingerprint density at radius 3 is 2.17 bits per heavy atom. The first-order chi connectivity index (χ1) is 11.0. The number of hydrogen-bond donors (Lipinski definition) is 2.